The largest absolute Gasteiger partial charge is 0.469 e. The number of hydrogen-bond donors (Lipinski definition) is 0. The van der Waals surface area contributed by atoms with E-state index in [0.29, 0.717) is 6.42 Å². The quantitative estimate of drug-likeness (QED) is 0.294. The predicted molar refractivity (Wildman–Crippen MR) is 97.8 cm³/mol. The lowest BCUT2D eigenvalue weighted by atomic mass is 9.87. The minimum atomic E-state index is -0.345. The maximum absolute atomic E-state index is 11.6. The molecule has 24 heavy (non-hydrogen) atoms. The average Bonchev–Trinajstić information content (AvgIpc) is 2.57. The molecule has 0 aromatic rings. The molecule has 0 spiro atoms. The summed E-state index contributed by atoms with van der Waals surface area (Å²) in [6.45, 7) is 3.92. The van der Waals surface area contributed by atoms with Crippen LogP contribution in [-0.4, -0.2) is 26.2 Å². The predicted octanol–water partition coefficient (Wildman–Crippen LogP) is 5.43. The van der Waals surface area contributed by atoms with Gasteiger partial charge in [0.1, 0.15) is 0 Å². The van der Waals surface area contributed by atoms with Crippen molar-refractivity contribution < 1.29 is 19.1 Å². The van der Waals surface area contributed by atoms with Gasteiger partial charge in [0, 0.05) is 6.42 Å². The summed E-state index contributed by atoms with van der Waals surface area (Å²) in [5, 5.41) is 0. The van der Waals surface area contributed by atoms with E-state index in [-0.39, 0.29) is 17.4 Å². The molecular formula is C20H38O4. The second-order valence-corrected chi connectivity index (χ2v) is 7.34. The highest BCUT2D eigenvalue weighted by Crippen LogP contribution is 2.25. The van der Waals surface area contributed by atoms with E-state index in [1.54, 1.807) is 0 Å². The van der Waals surface area contributed by atoms with Crippen LogP contribution in [0.4, 0.5) is 0 Å². The Bertz CT molecular complexity index is 337. The van der Waals surface area contributed by atoms with E-state index in [4.69, 9.17) is 4.74 Å². The Hall–Kier alpha value is -1.06. The summed E-state index contributed by atoms with van der Waals surface area (Å²) in [7, 11) is 2.91. The summed E-state index contributed by atoms with van der Waals surface area (Å²) < 4.78 is 9.45. The lowest BCUT2D eigenvalue weighted by Crippen LogP contribution is -2.25. The molecule has 0 unspecified atom stereocenters. The molecule has 0 bridgehead atoms. The molecule has 0 aliphatic rings. The van der Waals surface area contributed by atoms with E-state index in [9.17, 15) is 9.59 Å². The van der Waals surface area contributed by atoms with Crippen molar-refractivity contribution in [2.24, 2.45) is 5.41 Å². The molecule has 142 valence electrons. The van der Waals surface area contributed by atoms with Crippen LogP contribution in [0.1, 0.15) is 97.3 Å². The fraction of sp³-hybridized carbons (Fsp3) is 0.900. The first-order valence-corrected chi connectivity index (χ1v) is 9.59. The fourth-order valence-corrected chi connectivity index (χ4v) is 2.91. The Kier molecular flexibility index (Phi) is 13.7. The maximum Gasteiger partial charge on any atom is 0.311 e. The molecule has 0 N–H and O–H groups in total. The molecule has 0 aliphatic heterocycles. The molecular weight excluding hydrogens is 304 g/mol. The lowest BCUT2D eigenvalue weighted by molar-refractivity contribution is -0.151. The van der Waals surface area contributed by atoms with Crippen molar-refractivity contribution in [1.29, 1.82) is 0 Å². The van der Waals surface area contributed by atoms with E-state index in [0.717, 1.165) is 25.7 Å². The molecule has 0 rings (SSSR count). The molecule has 0 amide bonds. The number of unbranched alkanes of at least 4 members (excludes halogenated alkanes) is 10. The third-order valence-corrected chi connectivity index (χ3v) is 4.65. The minimum Gasteiger partial charge on any atom is -0.469 e. The van der Waals surface area contributed by atoms with Gasteiger partial charge in [-0.1, -0.05) is 64.2 Å². The highest BCUT2D eigenvalue weighted by atomic mass is 16.5. The van der Waals surface area contributed by atoms with Crippen LogP contribution in [0.15, 0.2) is 0 Å². The van der Waals surface area contributed by atoms with E-state index in [1.807, 2.05) is 13.8 Å². The summed E-state index contributed by atoms with van der Waals surface area (Å²) in [5.74, 6) is -0.195. The Morgan fingerprint density at radius 1 is 0.667 bits per heavy atom. The van der Waals surface area contributed by atoms with Crippen molar-refractivity contribution in [2.45, 2.75) is 97.3 Å². The van der Waals surface area contributed by atoms with Gasteiger partial charge < -0.3 is 9.47 Å². The van der Waals surface area contributed by atoms with E-state index >= 15 is 0 Å². The first-order chi connectivity index (χ1) is 11.4. The van der Waals surface area contributed by atoms with Gasteiger partial charge in [-0.2, -0.15) is 0 Å². The summed E-state index contributed by atoms with van der Waals surface area (Å²) in [6.07, 6.45) is 14.8. The fourth-order valence-electron chi connectivity index (χ4n) is 2.91. The van der Waals surface area contributed by atoms with Gasteiger partial charge in [0.25, 0.3) is 0 Å². The number of ether oxygens (including phenoxy) is 2. The summed E-state index contributed by atoms with van der Waals surface area (Å²) in [6, 6.07) is 0. The SMILES string of the molecule is COC(=O)CCCCCCCCCCCCCC(C)(C)C(=O)OC. The average molecular weight is 343 g/mol. The zero-order valence-corrected chi connectivity index (χ0v) is 16.3. The summed E-state index contributed by atoms with van der Waals surface area (Å²) in [5.41, 5.74) is -0.345. The Morgan fingerprint density at radius 2 is 1.08 bits per heavy atom. The van der Waals surface area contributed by atoms with Gasteiger partial charge >= 0.3 is 11.9 Å². The van der Waals surface area contributed by atoms with E-state index in [1.165, 1.54) is 65.6 Å². The molecule has 0 saturated carbocycles. The van der Waals surface area contributed by atoms with Crippen LogP contribution in [0, 0.1) is 5.41 Å². The number of carbonyl (C=O) groups excluding carboxylic acids is 2. The van der Waals surface area contributed by atoms with Crippen LogP contribution in [-0.2, 0) is 19.1 Å². The lowest BCUT2D eigenvalue weighted by Gasteiger charge is -2.20. The molecule has 0 aromatic carbocycles. The topological polar surface area (TPSA) is 52.6 Å². The highest BCUT2D eigenvalue weighted by molar-refractivity contribution is 5.75. The molecule has 0 heterocycles. The zero-order chi connectivity index (χ0) is 18.3. The molecule has 0 fully saturated rings. The van der Waals surface area contributed by atoms with Crippen LogP contribution in [0.3, 0.4) is 0 Å². The molecule has 4 nitrogen and oxygen atoms in total. The van der Waals surface area contributed by atoms with Crippen molar-refractivity contribution in [3.63, 3.8) is 0 Å². The molecule has 0 aliphatic carbocycles. The van der Waals surface area contributed by atoms with Crippen molar-refractivity contribution in [3.05, 3.63) is 0 Å². The molecule has 0 aromatic heterocycles. The van der Waals surface area contributed by atoms with Crippen molar-refractivity contribution >= 4 is 11.9 Å². The molecule has 0 radical (unpaired) electrons. The molecule has 0 saturated heterocycles. The number of hydrogen-bond acceptors (Lipinski definition) is 4. The van der Waals surface area contributed by atoms with Crippen molar-refractivity contribution in [3.8, 4) is 0 Å². The maximum atomic E-state index is 11.6. The van der Waals surface area contributed by atoms with Gasteiger partial charge in [0.2, 0.25) is 0 Å². The molecule has 0 atom stereocenters. The van der Waals surface area contributed by atoms with Crippen LogP contribution in [0.2, 0.25) is 0 Å². The summed E-state index contributed by atoms with van der Waals surface area (Å²) in [4.78, 5) is 22.5. The number of rotatable bonds is 15. The minimum absolute atomic E-state index is 0.0926. The Balaban J connectivity index is 3.29. The second kappa shape index (κ2) is 14.3. The third kappa shape index (κ3) is 12.4. The molecule has 4 heteroatoms. The first kappa shape index (κ1) is 22.9. The van der Waals surface area contributed by atoms with E-state index in [2.05, 4.69) is 4.74 Å². The van der Waals surface area contributed by atoms with E-state index < -0.39 is 0 Å². The third-order valence-electron chi connectivity index (χ3n) is 4.65. The number of esters is 2. The zero-order valence-electron chi connectivity index (χ0n) is 16.3. The Labute approximate surface area is 148 Å². The van der Waals surface area contributed by atoms with Gasteiger partial charge in [-0.15, -0.1) is 0 Å². The normalized spacial score (nSPS) is 11.3. The highest BCUT2D eigenvalue weighted by Gasteiger charge is 2.27. The van der Waals surface area contributed by atoms with Crippen molar-refractivity contribution in [2.75, 3.05) is 14.2 Å². The van der Waals surface area contributed by atoms with Crippen LogP contribution in [0.25, 0.3) is 0 Å². The van der Waals surface area contributed by atoms with Gasteiger partial charge in [-0.25, -0.2) is 0 Å². The summed E-state index contributed by atoms with van der Waals surface area (Å²) >= 11 is 0. The standard InChI is InChI=1S/C20H38O4/c1-20(2,19(22)24-4)17-15-13-11-9-7-5-6-8-10-12-14-16-18(21)23-3/h5-17H2,1-4H3. The van der Waals surface area contributed by atoms with Crippen LogP contribution in [0.5, 0.6) is 0 Å². The Morgan fingerprint density at radius 3 is 1.50 bits per heavy atom. The van der Waals surface area contributed by atoms with Crippen molar-refractivity contribution in [1.82, 2.24) is 0 Å². The smallest absolute Gasteiger partial charge is 0.311 e. The number of methoxy groups -OCH3 is 2. The van der Waals surface area contributed by atoms with Gasteiger partial charge in [0.15, 0.2) is 0 Å². The van der Waals surface area contributed by atoms with Gasteiger partial charge in [-0.05, 0) is 26.7 Å². The van der Waals surface area contributed by atoms with Crippen LogP contribution < -0.4 is 0 Å². The first-order valence-electron chi connectivity index (χ1n) is 9.59. The number of carbonyl (C=O) groups is 2. The van der Waals surface area contributed by atoms with Crippen LogP contribution >= 0.6 is 0 Å². The van der Waals surface area contributed by atoms with Gasteiger partial charge in [-0.3, -0.25) is 9.59 Å². The van der Waals surface area contributed by atoms with Gasteiger partial charge in [0.05, 0.1) is 19.6 Å². The monoisotopic (exact) mass is 342 g/mol. The second-order valence-electron chi connectivity index (χ2n) is 7.34.